The Bertz CT molecular complexity index is 1290. The molecule has 0 spiro atoms. The van der Waals surface area contributed by atoms with Crippen LogP contribution in [0, 0.1) is 0 Å². The van der Waals surface area contributed by atoms with Gasteiger partial charge in [-0.3, -0.25) is 9.59 Å². The molecular formula is C21H19NO6S. The van der Waals surface area contributed by atoms with Crippen LogP contribution in [0.25, 0.3) is 10.9 Å². The molecule has 0 saturated carbocycles. The van der Waals surface area contributed by atoms with E-state index in [1.807, 2.05) is 0 Å². The second kappa shape index (κ2) is 7.63. The SMILES string of the molecule is CC(=O)CCC(=O)c1c(O)c2cc(S(=O)(=O)c3ccccc3)ccc2n(C)c1=O. The molecular weight excluding hydrogens is 394 g/mol. The number of carbonyl (C=O) groups is 2. The van der Waals surface area contributed by atoms with Crippen LogP contribution in [0.3, 0.4) is 0 Å². The minimum atomic E-state index is -3.85. The number of aromatic hydroxyl groups is 1. The lowest BCUT2D eigenvalue weighted by Crippen LogP contribution is -2.25. The number of Topliss-reactive ketones (excluding diaryl/α,β-unsaturated/α-hetero) is 2. The monoisotopic (exact) mass is 413 g/mol. The molecule has 0 aliphatic carbocycles. The normalized spacial score (nSPS) is 11.5. The van der Waals surface area contributed by atoms with Crippen LogP contribution in [-0.2, 0) is 21.7 Å². The molecule has 0 saturated heterocycles. The van der Waals surface area contributed by atoms with Gasteiger partial charge in [0.1, 0.15) is 17.1 Å². The third kappa shape index (κ3) is 3.71. The summed E-state index contributed by atoms with van der Waals surface area (Å²) >= 11 is 0. The molecule has 8 heteroatoms. The summed E-state index contributed by atoms with van der Waals surface area (Å²) in [5, 5.41) is 10.7. The lowest BCUT2D eigenvalue weighted by Gasteiger charge is -2.13. The predicted octanol–water partition coefficient (Wildman–Crippen LogP) is 2.63. The van der Waals surface area contributed by atoms with Crippen LogP contribution in [-0.4, -0.2) is 29.7 Å². The highest BCUT2D eigenvalue weighted by Gasteiger charge is 2.24. The van der Waals surface area contributed by atoms with Gasteiger partial charge in [0.05, 0.1) is 15.3 Å². The fourth-order valence-corrected chi connectivity index (χ4v) is 4.39. The number of hydrogen-bond acceptors (Lipinski definition) is 6. The molecule has 1 heterocycles. The molecule has 0 unspecified atom stereocenters. The lowest BCUT2D eigenvalue weighted by atomic mass is 10.0. The standard InChI is InChI=1S/C21H19NO6S/c1-13(23)8-11-18(24)19-20(25)16-12-15(9-10-17(16)22(2)21(19)26)29(27,28)14-6-4-3-5-7-14/h3-7,9-10,12,25H,8,11H2,1-2H3. The smallest absolute Gasteiger partial charge is 0.265 e. The first-order chi connectivity index (χ1) is 13.6. The van der Waals surface area contributed by atoms with Crippen molar-refractivity contribution in [2.24, 2.45) is 7.05 Å². The van der Waals surface area contributed by atoms with Crippen molar-refractivity contribution in [3.63, 3.8) is 0 Å². The van der Waals surface area contributed by atoms with Gasteiger partial charge in [-0.2, -0.15) is 0 Å². The summed E-state index contributed by atoms with van der Waals surface area (Å²) < 4.78 is 26.9. The van der Waals surface area contributed by atoms with Gasteiger partial charge in [0.15, 0.2) is 5.78 Å². The van der Waals surface area contributed by atoms with E-state index in [1.54, 1.807) is 18.2 Å². The molecule has 150 valence electrons. The summed E-state index contributed by atoms with van der Waals surface area (Å²) in [4.78, 5) is 36.2. The van der Waals surface area contributed by atoms with Crippen molar-refractivity contribution in [1.82, 2.24) is 4.57 Å². The van der Waals surface area contributed by atoms with Gasteiger partial charge >= 0.3 is 0 Å². The fraction of sp³-hybridized carbons (Fsp3) is 0.190. The molecule has 0 aliphatic heterocycles. The van der Waals surface area contributed by atoms with Crippen LogP contribution in [0.2, 0.25) is 0 Å². The molecule has 7 nitrogen and oxygen atoms in total. The third-order valence-corrected chi connectivity index (χ3v) is 6.45. The molecule has 3 aromatic rings. The Hall–Kier alpha value is -3.26. The van der Waals surface area contributed by atoms with Gasteiger partial charge in [0.25, 0.3) is 5.56 Å². The van der Waals surface area contributed by atoms with Gasteiger partial charge in [-0.1, -0.05) is 18.2 Å². The first-order valence-electron chi connectivity index (χ1n) is 8.83. The van der Waals surface area contributed by atoms with Crippen LogP contribution in [0.15, 0.2) is 63.1 Å². The second-order valence-corrected chi connectivity index (χ2v) is 8.66. The zero-order valence-electron chi connectivity index (χ0n) is 15.9. The molecule has 2 aromatic carbocycles. The van der Waals surface area contributed by atoms with E-state index in [2.05, 4.69) is 0 Å². The number of sulfone groups is 1. The van der Waals surface area contributed by atoms with Gasteiger partial charge in [-0.25, -0.2) is 8.42 Å². The molecule has 0 radical (unpaired) electrons. The first-order valence-corrected chi connectivity index (χ1v) is 10.3. The van der Waals surface area contributed by atoms with E-state index in [0.29, 0.717) is 0 Å². The summed E-state index contributed by atoms with van der Waals surface area (Å²) in [7, 11) is -2.43. The average molecular weight is 413 g/mol. The first kappa shape index (κ1) is 20.5. The molecule has 1 aromatic heterocycles. The van der Waals surface area contributed by atoms with Gasteiger partial charge in [0, 0.05) is 25.3 Å². The number of aryl methyl sites for hydroxylation is 1. The lowest BCUT2D eigenvalue weighted by molar-refractivity contribution is -0.116. The molecule has 0 amide bonds. The zero-order valence-corrected chi connectivity index (χ0v) is 16.7. The maximum Gasteiger partial charge on any atom is 0.265 e. The molecule has 0 bridgehead atoms. The average Bonchev–Trinajstić information content (AvgIpc) is 2.71. The molecule has 0 atom stereocenters. The summed E-state index contributed by atoms with van der Waals surface area (Å²) in [6.07, 6.45) is -0.270. The van der Waals surface area contributed by atoms with E-state index < -0.39 is 32.5 Å². The second-order valence-electron chi connectivity index (χ2n) is 6.71. The zero-order chi connectivity index (χ0) is 21.3. The Morgan fingerprint density at radius 3 is 2.28 bits per heavy atom. The molecule has 29 heavy (non-hydrogen) atoms. The number of carbonyl (C=O) groups excluding carboxylic acids is 2. The molecule has 0 aliphatic rings. The summed E-state index contributed by atoms with van der Waals surface area (Å²) in [6, 6.07) is 11.8. The number of benzene rings is 2. The van der Waals surface area contributed by atoms with Crippen LogP contribution in [0.4, 0.5) is 0 Å². The number of ketones is 2. The van der Waals surface area contributed by atoms with Gasteiger partial charge in [-0.05, 0) is 37.3 Å². The van der Waals surface area contributed by atoms with Crippen molar-refractivity contribution in [3.8, 4) is 5.75 Å². The highest BCUT2D eigenvalue weighted by atomic mass is 32.2. The Morgan fingerprint density at radius 2 is 1.66 bits per heavy atom. The van der Waals surface area contributed by atoms with Gasteiger partial charge in [0.2, 0.25) is 9.84 Å². The van der Waals surface area contributed by atoms with E-state index in [9.17, 15) is 27.9 Å². The maximum atomic E-state index is 12.9. The molecule has 3 rings (SSSR count). The highest BCUT2D eigenvalue weighted by molar-refractivity contribution is 7.91. The Balaban J connectivity index is 2.22. The van der Waals surface area contributed by atoms with Crippen molar-refractivity contribution >= 4 is 32.3 Å². The number of pyridine rings is 1. The minimum absolute atomic E-state index is 0.0537. The van der Waals surface area contributed by atoms with E-state index in [1.165, 1.54) is 48.9 Å². The van der Waals surface area contributed by atoms with Gasteiger partial charge in [-0.15, -0.1) is 0 Å². The number of hydrogen-bond donors (Lipinski definition) is 1. The van der Waals surface area contributed by atoms with E-state index in [4.69, 9.17) is 0 Å². The van der Waals surface area contributed by atoms with Crippen LogP contribution in [0.5, 0.6) is 5.75 Å². The highest BCUT2D eigenvalue weighted by Crippen LogP contribution is 2.31. The fourth-order valence-electron chi connectivity index (χ4n) is 3.08. The van der Waals surface area contributed by atoms with Crippen LogP contribution < -0.4 is 5.56 Å². The van der Waals surface area contributed by atoms with Crippen LogP contribution >= 0.6 is 0 Å². The topological polar surface area (TPSA) is 111 Å². The number of nitrogens with zero attached hydrogens (tertiary/aromatic N) is 1. The van der Waals surface area contributed by atoms with E-state index >= 15 is 0 Å². The summed E-state index contributed by atoms with van der Waals surface area (Å²) in [5.41, 5.74) is -0.875. The molecule has 0 fully saturated rings. The number of fused-ring (bicyclic) bond motifs is 1. The molecule has 1 N–H and O–H groups in total. The third-order valence-electron chi connectivity index (χ3n) is 4.69. The number of aromatic nitrogens is 1. The van der Waals surface area contributed by atoms with Crippen molar-refractivity contribution in [2.45, 2.75) is 29.6 Å². The Morgan fingerprint density at radius 1 is 1.00 bits per heavy atom. The van der Waals surface area contributed by atoms with Gasteiger partial charge < -0.3 is 14.5 Å². The van der Waals surface area contributed by atoms with Crippen molar-refractivity contribution in [2.75, 3.05) is 0 Å². The number of rotatable bonds is 6. The van der Waals surface area contributed by atoms with Crippen molar-refractivity contribution < 1.29 is 23.1 Å². The maximum absolute atomic E-state index is 12.9. The van der Waals surface area contributed by atoms with Crippen LogP contribution in [0.1, 0.15) is 30.1 Å². The van der Waals surface area contributed by atoms with Crippen molar-refractivity contribution in [3.05, 3.63) is 64.4 Å². The van der Waals surface area contributed by atoms with E-state index in [-0.39, 0.29) is 39.3 Å². The Kier molecular flexibility index (Phi) is 5.39. The minimum Gasteiger partial charge on any atom is -0.506 e. The quantitative estimate of drug-likeness (QED) is 0.622. The summed E-state index contributed by atoms with van der Waals surface area (Å²) in [5.74, 6) is -1.47. The van der Waals surface area contributed by atoms with E-state index in [0.717, 1.165) is 0 Å². The summed E-state index contributed by atoms with van der Waals surface area (Å²) in [6.45, 7) is 1.33. The Labute approximate surface area is 167 Å². The van der Waals surface area contributed by atoms with Crippen molar-refractivity contribution in [1.29, 1.82) is 0 Å². The largest absolute Gasteiger partial charge is 0.506 e. The predicted molar refractivity (Wildman–Crippen MR) is 107 cm³/mol.